The van der Waals surface area contributed by atoms with Crippen molar-refractivity contribution in [2.24, 2.45) is 4.99 Å². The molecule has 0 spiro atoms. The van der Waals surface area contributed by atoms with Gasteiger partial charge in [0, 0.05) is 33.1 Å². The zero-order chi connectivity index (χ0) is 14.3. The Hall–Kier alpha value is -0.180. The fourth-order valence-corrected chi connectivity index (χ4v) is 1.94. The number of carbonyl (C=O) groups excluding carboxylic acids is 1. The number of hydrogen-bond donors (Lipinski definition) is 3. The van der Waals surface area contributed by atoms with Crippen molar-refractivity contribution in [3.8, 4) is 0 Å². The molecule has 0 bridgehead atoms. The van der Waals surface area contributed by atoms with Crippen LogP contribution < -0.4 is 16.0 Å². The Labute approximate surface area is 144 Å². The summed E-state index contributed by atoms with van der Waals surface area (Å²) >= 11 is 1.87. The van der Waals surface area contributed by atoms with Gasteiger partial charge in [-0.25, -0.2) is 0 Å². The van der Waals surface area contributed by atoms with Crippen LogP contribution in [0.4, 0.5) is 0 Å². The Morgan fingerprint density at radius 2 is 1.80 bits per heavy atom. The summed E-state index contributed by atoms with van der Waals surface area (Å²) in [6.45, 7) is 4.32. The second-order valence-electron chi connectivity index (χ2n) is 4.23. The number of nitrogens with zero attached hydrogens (tertiary/aromatic N) is 1. The number of hydrogen-bond acceptors (Lipinski definition) is 3. The Morgan fingerprint density at radius 1 is 1.10 bits per heavy atom. The number of halogens is 1. The first-order valence-corrected chi connectivity index (χ1v) is 8.34. The fraction of sp³-hybridized carbons (Fsp3) is 0.846. The molecule has 0 heterocycles. The Kier molecular flexibility index (Phi) is 18.7. The second kappa shape index (κ2) is 16.9. The van der Waals surface area contributed by atoms with Crippen LogP contribution in [-0.4, -0.2) is 50.6 Å². The summed E-state index contributed by atoms with van der Waals surface area (Å²) in [6, 6.07) is 0. The van der Waals surface area contributed by atoms with Crippen molar-refractivity contribution < 1.29 is 4.79 Å². The maximum atomic E-state index is 11.4. The lowest BCUT2D eigenvalue weighted by atomic mass is 10.3. The molecule has 0 aromatic heterocycles. The number of amides is 1. The zero-order valence-corrected chi connectivity index (χ0v) is 16.0. The number of carbonyl (C=O) groups is 1. The van der Waals surface area contributed by atoms with Crippen molar-refractivity contribution in [2.75, 3.05) is 38.7 Å². The van der Waals surface area contributed by atoms with Crippen LogP contribution in [-0.2, 0) is 4.79 Å². The van der Waals surface area contributed by atoms with Gasteiger partial charge >= 0.3 is 0 Å². The lowest BCUT2D eigenvalue weighted by molar-refractivity contribution is -0.120. The number of rotatable bonds is 10. The highest BCUT2D eigenvalue weighted by Crippen LogP contribution is 1.97. The van der Waals surface area contributed by atoms with Gasteiger partial charge in [0.2, 0.25) is 5.91 Å². The van der Waals surface area contributed by atoms with E-state index in [-0.39, 0.29) is 29.9 Å². The van der Waals surface area contributed by atoms with Gasteiger partial charge in [0.1, 0.15) is 0 Å². The van der Waals surface area contributed by atoms with Gasteiger partial charge in [-0.15, -0.1) is 24.0 Å². The highest BCUT2D eigenvalue weighted by molar-refractivity contribution is 14.0. The molecule has 20 heavy (non-hydrogen) atoms. The molecule has 0 saturated carbocycles. The highest BCUT2D eigenvalue weighted by atomic mass is 127. The average Bonchev–Trinajstić information content (AvgIpc) is 2.42. The first kappa shape index (κ1) is 22.1. The lowest BCUT2D eigenvalue weighted by Gasteiger charge is -2.11. The van der Waals surface area contributed by atoms with Gasteiger partial charge in [-0.2, -0.15) is 11.8 Å². The largest absolute Gasteiger partial charge is 0.356 e. The third-order valence-corrected chi connectivity index (χ3v) is 3.20. The van der Waals surface area contributed by atoms with Crippen LogP contribution in [0.15, 0.2) is 4.99 Å². The van der Waals surface area contributed by atoms with Crippen LogP contribution in [0.5, 0.6) is 0 Å². The summed E-state index contributed by atoms with van der Waals surface area (Å²) in [5.41, 5.74) is 0. The molecule has 0 fully saturated rings. The minimum Gasteiger partial charge on any atom is -0.356 e. The summed E-state index contributed by atoms with van der Waals surface area (Å²) in [4.78, 5) is 15.5. The van der Waals surface area contributed by atoms with Gasteiger partial charge < -0.3 is 16.0 Å². The smallest absolute Gasteiger partial charge is 0.221 e. The quantitative estimate of drug-likeness (QED) is 0.220. The van der Waals surface area contributed by atoms with E-state index in [4.69, 9.17) is 0 Å². The fourth-order valence-electron chi connectivity index (χ4n) is 1.45. The molecule has 0 unspecified atom stereocenters. The third-order valence-electron chi connectivity index (χ3n) is 2.51. The van der Waals surface area contributed by atoms with Crippen molar-refractivity contribution in [1.29, 1.82) is 0 Å². The highest BCUT2D eigenvalue weighted by Gasteiger charge is 2.01. The number of unbranched alkanes of at least 4 members (excludes halogenated alkanes) is 1. The van der Waals surface area contributed by atoms with E-state index in [9.17, 15) is 4.79 Å². The zero-order valence-electron chi connectivity index (χ0n) is 12.8. The van der Waals surface area contributed by atoms with E-state index in [0.717, 1.165) is 31.9 Å². The number of aliphatic imine (C=N–C) groups is 1. The van der Waals surface area contributed by atoms with E-state index in [2.05, 4.69) is 27.2 Å². The molecule has 3 N–H and O–H groups in total. The molecular weight excluding hydrogens is 387 g/mol. The molecule has 0 radical (unpaired) electrons. The maximum absolute atomic E-state index is 11.4. The van der Waals surface area contributed by atoms with Gasteiger partial charge in [-0.05, 0) is 31.3 Å². The second-order valence-corrected chi connectivity index (χ2v) is 5.21. The first-order valence-electron chi connectivity index (χ1n) is 6.94. The molecular formula is C13H29IN4OS. The predicted octanol–water partition coefficient (Wildman–Crippen LogP) is 1.83. The van der Waals surface area contributed by atoms with E-state index in [0.29, 0.717) is 13.0 Å². The summed E-state index contributed by atoms with van der Waals surface area (Å²) in [7, 11) is 1.74. The molecule has 0 aromatic carbocycles. The molecule has 1 amide bonds. The van der Waals surface area contributed by atoms with Gasteiger partial charge in [-0.3, -0.25) is 9.79 Å². The molecule has 0 aliphatic heterocycles. The van der Waals surface area contributed by atoms with Crippen molar-refractivity contribution in [3.05, 3.63) is 0 Å². The van der Waals surface area contributed by atoms with Crippen LogP contribution >= 0.6 is 35.7 Å². The average molecular weight is 416 g/mol. The monoisotopic (exact) mass is 416 g/mol. The van der Waals surface area contributed by atoms with Gasteiger partial charge in [0.15, 0.2) is 5.96 Å². The topological polar surface area (TPSA) is 65.5 Å². The van der Waals surface area contributed by atoms with Crippen molar-refractivity contribution >= 4 is 47.6 Å². The lowest BCUT2D eigenvalue weighted by Crippen LogP contribution is -2.39. The molecule has 0 aromatic rings. The van der Waals surface area contributed by atoms with Crippen LogP contribution in [0.25, 0.3) is 0 Å². The molecule has 0 atom stereocenters. The predicted molar refractivity (Wildman–Crippen MR) is 100 cm³/mol. The van der Waals surface area contributed by atoms with E-state index in [1.807, 2.05) is 18.7 Å². The number of guanidine groups is 1. The Bertz CT molecular complexity index is 265. The third kappa shape index (κ3) is 14.2. The van der Waals surface area contributed by atoms with E-state index in [1.54, 1.807) is 7.05 Å². The minimum atomic E-state index is 0. The summed E-state index contributed by atoms with van der Waals surface area (Å²) in [5.74, 6) is 2.06. The minimum absolute atomic E-state index is 0. The van der Waals surface area contributed by atoms with Crippen LogP contribution in [0.2, 0.25) is 0 Å². The van der Waals surface area contributed by atoms with E-state index in [1.165, 1.54) is 12.2 Å². The Morgan fingerprint density at radius 3 is 2.40 bits per heavy atom. The number of nitrogens with one attached hydrogen (secondary N) is 3. The molecule has 0 saturated heterocycles. The van der Waals surface area contributed by atoms with Gasteiger partial charge in [0.25, 0.3) is 0 Å². The standard InChI is InChI=1S/C13H28N4OS.HI/c1-4-8-15-12(18)7-10-17-13(14-2)16-9-5-6-11-19-3;/h4-11H2,1-3H3,(H,15,18)(H2,14,16,17);1H. The summed E-state index contributed by atoms with van der Waals surface area (Å²) in [6.07, 6.45) is 5.92. The molecule has 0 aliphatic rings. The van der Waals surface area contributed by atoms with Gasteiger partial charge in [0.05, 0.1) is 0 Å². The number of thioether (sulfide) groups is 1. The molecule has 7 heteroatoms. The van der Waals surface area contributed by atoms with Crippen molar-refractivity contribution in [3.63, 3.8) is 0 Å². The van der Waals surface area contributed by atoms with Crippen molar-refractivity contribution in [2.45, 2.75) is 32.6 Å². The summed E-state index contributed by atoms with van der Waals surface area (Å²) in [5, 5.41) is 9.23. The first-order chi connectivity index (χ1) is 9.24. The van der Waals surface area contributed by atoms with Crippen molar-refractivity contribution in [1.82, 2.24) is 16.0 Å². The normalized spacial score (nSPS) is 10.7. The van der Waals surface area contributed by atoms with Gasteiger partial charge in [-0.1, -0.05) is 6.92 Å². The Balaban J connectivity index is 0. The molecule has 0 aliphatic carbocycles. The molecule has 120 valence electrons. The van der Waals surface area contributed by atoms with E-state index < -0.39 is 0 Å². The van der Waals surface area contributed by atoms with E-state index >= 15 is 0 Å². The van der Waals surface area contributed by atoms with Crippen LogP contribution in [0, 0.1) is 0 Å². The maximum Gasteiger partial charge on any atom is 0.221 e. The van der Waals surface area contributed by atoms with Crippen LogP contribution in [0.3, 0.4) is 0 Å². The summed E-state index contributed by atoms with van der Waals surface area (Å²) < 4.78 is 0. The SMILES string of the molecule is CCCNC(=O)CCNC(=NC)NCCCCSC.I. The molecule has 5 nitrogen and oxygen atoms in total. The van der Waals surface area contributed by atoms with Crippen LogP contribution in [0.1, 0.15) is 32.6 Å². The molecule has 0 rings (SSSR count).